The van der Waals surface area contributed by atoms with Gasteiger partial charge in [0.25, 0.3) is 0 Å². The summed E-state index contributed by atoms with van der Waals surface area (Å²) in [6.07, 6.45) is 4.19. The zero-order chi connectivity index (χ0) is 13.0. The molecule has 2 rings (SSSR count). The minimum Gasteiger partial charge on any atom is -0.388 e. The van der Waals surface area contributed by atoms with Gasteiger partial charge in [-0.05, 0) is 41.2 Å². The van der Waals surface area contributed by atoms with Crippen molar-refractivity contribution in [1.82, 2.24) is 0 Å². The molecule has 1 atom stereocenters. The summed E-state index contributed by atoms with van der Waals surface area (Å²) < 4.78 is 1.25. The average molecular weight is 262 g/mol. The second kappa shape index (κ2) is 6.35. The van der Waals surface area contributed by atoms with Gasteiger partial charge in [0, 0.05) is 4.70 Å². The van der Waals surface area contributed by atoms with Gasteiger partial charge in [0.05, 0.1) is 6.10 Å². The van der Waals surface area contributed by atoms with Gasteiger partial charge < -0.3 is 5.11 Å². The smallest absolute Gasteiger partial charge is 0.0832 e. The topological polar surface area (TPSA) is 20.2 Å². The number of rotatable bonds is 6. The molecule has 1 aromatic heterocycles. The summed E-state index contributed by atoms with van der Waals surface area (Å²) in [7, 11) is 0. The Balaban J connectivity index is 2.30. The Labute approximate surface area is 113 Å². The highest BCUT2D eigenvalue weighted by Crippen LogP contribution is 2.35. The second-order valence-electron chi connectivity index (χ2n) is 4.97. The maximum absolute atomic E-state index is 10.7. The third kappa shape index (κ3) is 2.76. The lowest BCUT2D eigenvalue weighted by Gasteiger charge is -2.23. The Morgan fingerprint density at radius 1 is 1.11 bits per heavy atom. The molecule has 18 heavy (non-hydrogen) atoms. The predicted molar refractivity (Wildman–Crippen MR) is 80.1 cm³/mol. The van der Waals surface area contributed by atoms with Crippen LogP contribution in [-0.4, -0.2) is 5.11 Å². The lowest BCUT2D eigenvalue weighted by Crippen LogP contribution is -2.12. The number of hydrogen-bond donors (Lipinski definition) is 1. The second-order valence-corrected chi connectivity index (χ2v) is 5.88. The van der Waals surface area contributed by atoms with Gasteiger partial charge in [-0.3, -0.25) is 0 Å². The Morgan fingerprint density at radius 2 is 1.83 bits per heavy atom. The number of fused-ring (bicyclic) bond motifs is 1. The lowest BCUT2D eigenvalue weighted by atomic mass is 9.88. The molecule has 1 N–H and O–H groups in total. The van der Waals surface area contributed by atoms with Crippen molar-refractivity contribution in [3.63, 3.8) is 0 Å². The van der Waals surface area contributed by atoms with Gasteiger partial charge in [-0.25, -0.2) is 0 Å². The highest BCUT2D eigenvalue weighted by molar-refractivity contribution is 7.17. The predicted octanol–water partition coefficient (Wildman–Crippen LogP) is 5.15. The van der Waals surface area contributed by atoms with E-state index in [1.165, 1.54) is 10.1 Å². The molecule has 1 nitrogen and oxygen atoms in total. The third-order valence-corrected chi connectivity index (χ3v) is 4.57. The maximum atomic E-state index is 10.7. The molecule has 0 saturated heterocycles. The first-order valence-corrected chi connectivity index (χ1v) is 7.80. The lowest BCUT2D eigenvalue weighted by molar-refractivity contribution is 0.0979. The third-order valence-electron chi connectivity index (χ3n) is 3.59. The van der Waals surface area contributed by atoms with Crippen molar-refractivity contribution >= 4 is 21.4 Å². The quantitative estimate of drug-likeness (QED) is 0.763. The van der Waals surface area contributed by atoms with Crippen LogP contribution in [0, 0.1) is 5.92 Å². The van der Waals surface area contributed by atoms with E-state index >= 15 is 0 Å². The molecule has 0 aliphatic heterocycles. The van der Waals surface area contributed by atoms with E-state index in [0.29, 0.717) is 5.92 Å². The SMILES string of the molecule is CCCC(CCC)C(O)c1cccc2ccsc12. The molecule has 0 radical (unpaired) electrons. The van der Waals surface area contributed by atoms with Crippen LogP contribution in [0.5, 0.6) is 0 Å². The number of thiophene rings is 1. The zero-order valence-electron chi connectivity index (χ0n) is 11.2. The van der Waals surface area contributed by atoms with Crippen molar-refractivity contribution in [2.75, 3.05) is 0 Å². The highest BCUT2D eigenvalue weighted by Gasteiger charge is 2.21. The van der Waals surface area contributed by atoms with E-state index in [0.717, 1.165) is 31.2 Å². The van der Waals surface area contributed by atoms with Gasteiger partial charge >= 0.3 is 0 Å². The van der Waals surface area contributed by atoms with Crippen molar-refractivity contribution in [2.45, 2.75) is 45.6 Å². The molecule has 0 spiro atoms. The van der Waals surface area contributed by atoms with Crippen LogP contribution >= 0.6 is 11.3 Å². The molecule has 1 unspecified atom stereocenters. The zero-order valence-corrected chi connectivity index (χ0v) is 12.0. The normalized spacial score (nSPS) is 13.3. The van der Waals surface area contributed by atoms with Crippen LogP contribution in [0.4, 0.5) is 0 Å². The highest BCUT2D eigenvalue weighted by atomic mass is 32.1. The fraction of sp³-hybridized carbons (Fsp3) is 0.500. The van der Waals surface area contributed by atoms with E-state index in [-0.39, 0.29) is 6.10 Å². The van der Waals surface area contributed by atoms with E-state index in [2.05, 4.69) is 43.5 Å². The van der Waals surface area contributed by atoms with Crippen LogP contribution in [0.2, 0.25) is 0 Å². The van der Waals surface area contributed by atoms with E-state index in [1.807, 2.05) is 0 Å². The minimum absolute atomic E-state index is 0.313. The number of hydrogen-bond acceptors (Lipinski definition) is 2. The van der Waals surface area contributed by atoms with Crippen molar-refractivity contribution < 1.29 is 5.11 Å². The Kier molecular flexibility index (Phi) is 4.79. The largest absolute Gasteiger partial charge is 0.388 e. The van der Waals surface area contributed by atoms with E-state index in [1.54, 1.807) is 11.3 Å². The van der Waals surface area contributed by atoms with Crippen LogP contribution in [0.1, 0.15) is 51.2 Å². The molecule has 0 saturated carbocycles. The van der Waals surface area contributed by atoms with Crippen LogP contribution in [0.3, 0.4) is 0 Å². The fourth-order valence-corrected chi connectivity index (χ4v) is 3.65. The molecule has 0 amide bonds. The van der Waals surface area contributed by atoms with Crippen LogP contribution < -0.4 is 0 Å². The molecule has 0 aliphatic carbocycles. The van der Waals surface area contributed by atoms with Gasteiger partial charge in [-0.1, -0.05) is 44.9 Å². The summed E-state index contributed by atoms with van der Waals surface area (Å²) >= 11 is 1.74. The first-order valence-electron chi connectivity index (χ1n) is 6.92. The number of aliphatic hydroxyl groups is 1. The molecule has 0 aliphatic rings. The summed E-state index contributed by atoms with van der Waals surface area (Å²) in [5.74, 6) is 0.396. The van der Waals surface area contributed by atoms with Gasteiger partial charge in [-0.15, -0.1) is 11.3 Å². The molecular formula is C16H22OS. The Bertz CT molecular complexity index is 483. The molecule has 2 heteroatoms. The summed E-state index contributed by atoms with van der Waals surface area (Å²) in [4.78, 5) is 0. The Morgan fingerprint density at radius 3 is 2.50 bits per heavy atom. The molecule has 1 aromatic carbocycles. The van der Waals surface area contributed by atoms with Gasteiger partial charge in [0.1, 0.15) is 0 Å². The summed E-state index contributed by atoms with van der Waals surface area (Å²) in [6, 6.07) is 8.39. The van der Waals surface area contributed by atoms with Crippen molar-refractivity contribution in [1.29, 1.82) is 0 Å². The molecule has 1 heterocycles. The van der Waals surface area contributed by atoms with E-state index in [9.17, 15) is 5.11 Å². The Hall–Kier alpha value is -0.860. The molecule has 98 valence electrons. The monoisotopic (exact) mass is 262 g/mol. The van der Waals surface area contributed by atoms with Crippen LogP contribution in [0.25, 0.3) is 10.1 Å². The first kappa shape index (κ1) is 13.6. The standard InChI is InChI=1S/C16H22OS/c1-3-6-12(7-4-2)15(17)14-9-5-8-13-10-11-18-16(13)14/h5,8-12,15,17H,3-4,6-7H2,1-2H3. The number of aliphatic hydroxyl groups excluding tert-OH is 1. The maximum Gasteiger partial charge on any atom is 0.0832 e. The molecule has 0 bridgehead atoms. The first-order chi connectivity index (χ1) is 8.77. The molecular weight excluding hydrogens is 240 g/mol. The molecule has 2 aromatic rings. The van der Waals surface area contributed by atoms with E-state index < -0.39 is 0 Å². The average Bonchev–Trinajstić information content (AvgIpc) is 2.85. The van der Waals surface area contributed by atoms with E-state index in [4.69, 9.17) is 0 Å². The van der Waals surface area contributed by atoms with Gasteiger partial charge in [0.2, 0.25) is 0 Å². The number of benzene rings is 1. The summed E-state index contributed by atoms with van der Waals surface area (Å²) in [5, 5.41) is 14.0. The van der Waals surface area contributed by atoms with Crippen molar-refractivity contribution in [3.8, 4) is 0 Å². The van der Waals surface area contributed by atoms with Crippen molar-refractivity contribution in [2.24, 2.45) is 5.92 Å². The van der Waals surface area contributed by atoms with Crippen LogP contribution in [0.15, 0.2) is 29.6 Å². The fourth-order valence-electron chi connectivity index (χ4n) is 2.70. The summed E-state index contributed by atoms with van der Waals surface area (Å²) in [5.41, 5.74) is 1.12. The van der Waals surface area contributed by atoms with Gasteiger partial charge in [-0.2, -0.15) is 0 Å². The van der Waals surface area contributed by atoms with Gasteiger partial charge in [0.15, 0.2) is 0 Å². The summed E-state index contributed by atoms with van der Waals surface area (Å²) in [6.45, 7) is 4.39. The molecule has 0 fully saturated rings. The van der Waals surface area contributed by atoms with Crippen LogP contribution in [-0.2, 0) is 0 Å². The minimum atomic E-state index is -0.313. The van der Waals surface area contributed by atoms with Crippen molar-refractivity contribution in [3.05, 3.63) is 35.2 Å².